The maximum absolute atomic E-state index is 12.5. The molecule has 1 aromatic rings. The molecule has 0 aromatic carbocycles. The van der Waals surface area contributed by atoms with Crippen LogP contribution in [0.2, 0.25) is 0 Å². The van der Waals surface area contributed by atoms with Crippen molar-refractivity contribution in [1.29, 1.82) is 0 Å². The maximum atomic E-state index is 12.5. The first-order chi connectivity index (χ1) is 12.6. The van der Waals surface area contributed by atoms with Crippen LogP contribution < -0.4 is 5.32 Å². The lowest BCUT2D eigenvalue weighted by atomic mass is 9.99. The Morgan fingerprint density at radius 3 is 2.69 bits per heavy atom. The van der Waals surface area contributed by atoms with E-state index in [1.165, 1.54) is 6.42 Å². The lowest BCUT2D eigenvalue weighted by molar-refractivity contribution is -0.135. The van der Waals surface area contributed by atoms with Gasteiger partial charge in [-0.1, -0.05) is 6.42 Å². The zero-order valence-electron chi connectivity index (χ0n) is 15.9. The van der Waals surface area contributed by atoms with E-state index in [1.807, 2.05) is 22.6 Å². The van der Waals surface area contributed by atoms with Crippen LogP contribution in [0, 0.1) is 0 Å². The van der Waals surface area contributed by atoms with Gasteiger partial charge in [0.05, 0.1) is 19.3 Å². The van der Waals surface area contributed by atoms with Crippen LogP contribution in [-0.4, -0.2) is 72.6 Å². The van der Waals surface area contributed by atoms with Gasteiger partial charge in [0.2, 0.25) is 5.91 Å². The minimum Gasteiger partial charge on any atom is -0.378 e. The van der Waals surface area contributed by atoms with Gasteiger partial charge in [-0.25, -0.2) is 0 Å². The Hall–Kier alpha value is -1.86. The number of hydrogen-bond donors (Lipinski definition) is 1. The largest absolute Gasteiger partial charge is 0.378 e. The quantitative estimate of drug-likeness (QED) is 0.854. The Kier molecular flexibility index (Phi) is 6.32. The molecule has 0 bridgehead atoms. The van der Waals surface area contributed by atoms with Gasteiger partial charge < -0.3 is 19.5 Å². The number of carbonyl (C=O) groups excluding carboxylic acids is 2. The predicted octanol–water partition coefficient (Wildman–Crippen LogP) is 1.16. The maximum Gasteiger partial charge on any atom is 0.267 e. The first-order valence-electron chi connectivity index (χ1n) is 9.59. The normalized spacial score (nSPS) is 21.6. The summed E-state index contributed by atoms with van der Waals surface area (Å²) in [6.45, 7) is 4.46. The van der Waals surface area contributed by atoms with Crippen LogP contribution in [0.4, 0.5) is 0 Å². The zero-order chi connectivity index (χ0) is 18.5. The SMILES string of the molecule is CNC(=O)c1ccc([C@@H]2CCCCN2CCC(=O)N2CCOCC2)n1C. The van der Waals surface area contributed by atoms with Gasteiger partial charge in [-0.15, -0.1) is 0 Å². The molecule has 2 saturated heterocycles. The molecular formula is C19H30N4O3. The molecular weight excluding hydrogens is 332 g/mol. The van der Waals surface area contributed by atoms with E-state index in [9.17, 15) is 9.59 Å². The van der Waals surface area contributed by atoms with Crippen molar-refractivity contribution >= 4 is 11.8 Å². The average molecular weight is 362 g/mol. The summed E-state index contributed by atoms with van der Waals surface area (Å²) in [6.07, 6.45) is 3.95. The molecule has 144 valence electrons. The molecule has 0 aliphatic carbocycles. The smallest absolute Gasteiger partial charge is 0.267 e. The molecule has 0 radical (unpaired) electrons. The molecule has 2 fully saturated rings. The van der Waals surface area contributed by atoms with E-state index < -0.39 is 0 Å². The Morgan fingerprint density at radius 1 is 1.19 bits per heavy atom. The molecule has 1 atom stereocenters. The summed E-state index contributed by atoms with van der Waals surface area (Å²) in [4.78, 5) is 28.8. The van der Waals surface area contributed by atoms with Gasteiger partial charge in [0.1, 0.15) is 5.69 Å². The summed E-state index contributed by atoms with van der Waals surface area (Å²) in [5.74, 6) is 0.152. The standard InChI is InChI=1S/C19H30N4O3/c1-20-19(25)17-7-6-15(21(17)2)16-5-3-4-9-22(16)10-8-18(24)23-11-13-26-14-12-23/h6-7,16H,3-5,8-14H2,1-2H3,(H,20,25)/t16-/m0/s1. The fourth-order valence-corrected chi connectivity index (χ4v) is 4.02. The van der Waals surface area contributed by atoms with E-state index in [0.717, 1.165) is 31.6 Å². The minimum atomic E-state index is -0.0661. The third kappa shape index (κ3) is 4.10. The number of likely N-dealkylation sites (tertiary alicyclic amines) is 1. The fraction of sp³-hybridized carbons (Fsp3) is 0.684. The molecule has 26 heavy (non-hydrogen) atoms. The molecule has 7 nitrogen and oxygen atoms in total. The van der Waals surface area contributed by atoms with Gasteiger partial charge in [-0.05, 0) is 31.5 Å². The molecule has 3 heterocycles. The second-order valence-electron chi connectivity index (χ2n) is 7.07. The monoisotopic (exact) mass is 362 g/mol. The van der Waals surface area contributed by atoms with Gasteiger partial charge in [-0.2, -0.15) is 0 Å². The molecule has 2 aliphatic rings. The van der Waals surface area contributed by atoms with Crippen molar-refractivity contribution in [3.63, 3.8) is 0 Å². The number of nitrogens with zero attached hydrogens (tertiary/aromatic N) is 3. The lowest BCUT2D eigenvalue weighted by Crippen LogP contribution is -2.43. The number of piperidine rings is 1. The first kappa shape index (κ1) is 18.9. The lowest BCUT2D eigenvalue weighted by Gasteiger charge is -2.36. The van der Waals surface area contributed by atoms with Crippen molar-refractivity contribution < 1.29 is 14.3 Å². The van der Waals surface area contributed by atoms with Crippen LogP contribution in [0.5, 0.6) is 0 Å². The second kappa shape index (κ2) is 8.68. The van der Waals surface area contributed by atoms with E-state index in [4.69, 9.17) is 4.74 Å². The van der Waals surface area contributed by atoms with Crippen molar-refractivity contribution in [2.24, 2.45) is 7.05 Å². The van der Waals surface area contributed by atoms with Crippen LogP contribution in [0.25, 0.3) is 0 Å². The van der Waals surface area contributed by atoms with E-state index >= 15 is 0 Å². The molecule has 1 N–H and O–H groups in total. The van der Waals surface area contributed by atoms with E-state index in [1.54, 1.807) is 7.05 Å². The van der Waals surface area contributed by atoms with Gasteiger partial charge in [0.15, 0.2) is 0 Å². The third-order valence-electron chi connectivity index (χ3n) is 5.55. The van der Waals surface area contributed by atoms with Crippen molar-refractivity contribution in [1.82, 2.24) is 19.7 Å². The number of morpholine rings is 1. The summed E-state index contributed by atoms with van der Waals surface area (Å²) in [6, 6.07) is 4.21. The Morgan fingerprint density at radius 2 is 1.96 bits per heavy atom. The third-order valence-corrected chi connectivity index (χ3v) is 5.55. The number of hydrogen-bond acceptors (Lipinski definition) is 4. The highest BCUT2D eigenvalue weighted by Crippen LogP contribution is 2.31. The van der Waals surface area contributed by atoms with Crippen molar-refractivity contribution in [3.05, 3.63) is 23.5 Å². The molecule has 3 rings (SSSR count). The van der Waals surface area contributed by atoms with Crippen LogP contribution >= 0.6 is 0 Å². The predicted molar refractivity (Wildman–Crippen MR) is 99.0 cm³/mol. The molecule has 0 spiro atoms. The summed E-state index contributed by atoms with van der Waals surface area (Å²) in [7, 11) is 3.60. The number of nitrogens with one attached hydrogen (secondary N) is 1. The number of amides is 2. The van der Waals surface area contributed by atoms with Crippen LogP contribution in [-0.2, 0) is 16.6 Å². The highest BCUT2D eigenvalue weighted by Gasteiger charge is 2.28. The minimum absolute atomic E-state index is 0.0661. The summed E-state index contributed by atoms with van der Waals surface area (Å²) in [5.41, 5.74) is 1.83. The Balaban J connectivity index is 1.65. The van der Waals surface area contributed by atoms with Crippen LogP contribution in [0.15, 0.2) is 12.1 Å². The van der Waals surface area contributed by atoms with E-state index in [2.05, 4.69) is 16.3 Å². The van der Waals surface area contributed by atoms with Crippen molar-refractivity contribution in [3.8, 4) is 0 Å². The second-order valence-corrected chi connectivity index (χ2v) is 7.07. The summed E-state index contributed by atoms with van der Waals surface area (Å²) in [5, 5.41) is 2.69. The number of ether oxygens (including phenoxy) is 1. The number of carbonyl (C=O) groups is 2. The highest BCUT2D eigenvalue weighted by atomic mass is 16.5. The molecule has 0 saturated carbocycles. The molecule has 0 unspecified atom stereocenters. The van der Waals surface area contributed by atoms with Gasteiger partial charge in [0.25, 0.3) is 5.91 Å². The number of aromatic nitrogens is 1. The van der Waals surface area contributed by atoms with Crippen molar-refractivity contribution in [2.45, 2.75) is 31.7 Å². The Labute approximate surface area is 155 Å². The van der Waals surface area contributed by atoms with Crippen LogP contribution in [0.3, 0.4) is 0 Å². The molecule has 2 aliphatic heterocycles. The topological polar surface area (TPSA) is 66.8 Å². The molecule has 1 aromatic heterocycles. The van der Waals surface area contributed by atoms with Gasteiger partial charge >= 0.3 is 0 Å². The zero-order valence-corrected chi connectivity index (χ0v) is 15.9. The first-order valence-corrected chi connectivity index (χ1v) is 9.59. The fourth-order valence-electron chi connectivity index (χ4n) is 4.02. The Bertz CT molecular complexity index is 637. The molecule has 2 amide bonds. The van der Waals surface area contributed by atoms with E-state index in [-0.39, 0.29) is 17.9 Å². The highest BCUT2D eigenvalue weighted by molar-refractivity contribution is 5.92. The number of rotatable bonds is 5. The van der Waals surface area contributed by atoms with Crippen molar-refractivity contribution in [2.75, 3.05) is 46.4 Å². The molecule has 7 heteroatoms. The average Bonchev–Trinajstić information content (AvgIpc) is 3.07. The van der Waals surface area contributed by atoms with Gasteiger partial charge in [0, 0.05) is 45.8 Å². The summed E-state index contributed by atoms with van der Waals surface area (Å²) >= 11 is 0. The summed E-state index contributed by atoms with van der Waals surface area (Å²) < 4.78 is 7.32. The van der Waals surface area contributed by atoms with Crippen LogP contribution in [0.1, 0.15) is 47.9 Å². The van der Waals surface area contributed by atoms with Gasteiger partial charge in [-0.3, -0.25) is 14.5 Å². The van der Waals surface area contributed by atoms with E-state index in [0.29, 0.717) is 38.4 Å².